The second kappa shape index (κ2) is 6.17. The van der Waals surface area contributed by atoms with Crippen LogP contribution in [0.2, 0.25) is 0 Å². The molecular weight excluding hydrogens is 250 g/mol. The number of hydrogen-bond donors (Lipinski definition) is 0. The molecule has 0 N–H and O–H groups in total. The quantitative estimate of drug-likeness (QED) is 0.741. The van der Waals surface area contributed by atoms with Gasteiger partial charge in [-0.15, -0.1) is 0 Å². The molecule has 2 saturated heterocycles. The number of allylic oxidation sites excluding steroid dienone is 2. The van der Waals surface area contributed by atoms with E-state index < -0.39 is 0 Å². The first-order valence-corrected chi connectivity index (χ1v) is 8.30. The van der Waals surface area contributed by atoms with Gasteiger partial charge in [-0.3, -0.25) is 0 Å². The topological polar surface area (TPSA) is 21.7 Å². The molecule has 2 heterocycles. The van der Waals surface area contributed by atoms with Gasteiger partial charge in [0.25, 0.3) is 0 Å². The lowest BCUT2D eigenvalue weighted by atomic mass is 9.74. The SMILES string of the molecule is CC1=C[C@@H](C)[C@@H]([C@@H]2OC[C@H](CN3CCCC3)O2)[C@H](C)C1. The van der Waals surface area contributed by atoms with Crippen LogP contribution in [-0.2, 0) is 9.47 Å². The van der Waals surface area contributed by atoms with E-state index in [0.717, 1.165) is 13.2 Å². The lowest BCUT2D eigenvalue weighted by molar-refractivity contribution is -0.123. The number of ether oxygens (including phenoxy) is 2. The zero-order valence-corrected chi connectivity index (χ0v) is 13.2. The fraction of sp³-hybridized carbons (Fsp3) is 0.882. The summed E-state index contributed by atoms with van der Waals surface area (Å²) in [6, 6.07) is 0. The Labute approximate surface area is 123 Å². The van der Waals surface area contributed by atoms with Gasteiger partial charge >= 0.3 is 0 Å². The smallest absolute Gasteiger partial charge is 0.161 e. The maximum absolute atomic E-state index is 6.25. The van der Waals surface area contributed by atoms with Gasteiger partial charge in [0.15, 0.2) is 6.29 Å². The highest BCUT2D eigenvalue weighted by molar-refractivity contribution is 5.09. The number of nitrogens with zero attached hydrogens (tertiary/aromatic N) is 1. The number of rotatable bonds is 3. The van der Waals surface area contributed by atoms with Gasteiger partial charge in [-0.25, -0.2) is 0 Å². The molecule has 3 aliphatic rings. The Morgan fingerprint density at radius 1 is 1.25 bits per heavy atom. The van der Waals surface area contributed by atoms with Gasteiger partial charge in [-0.05, 0) is 51.1 Å². The highest BCUT2D eigenvalue weighted by Crippen LogP contribution is 2.39. The minimum absolute atomic E-state index is 0.0111. The van der Waals surface area contributed by atoms with E-state index in [4.69, 9.17) is 9.47 Å². The average Bonchev–Trinajstić information content (AvgIpc) is 3.00. The summed E-state index contributed by atoms with van der Waals surface area (Å²) in [4.78, 5) is 2.52. The molecule has 2 aliphatic heterocycles. The van der Waals surface area contributed by atoms with Crippen molar-refractivity contribution in [1.82, 2.24) is 4.90 Å². The summed E-state index contributed by atoms with van der Waals surface area (Å²) in [6.45, 7) is 11.2. The summed E-state index contributed by atoms with van der Waals surface area (Å²) in [5.41, 5.74) is 1.52. The molecule has 0 radical (unpaired) electrons. The number of hydrogen-bond acceptors (Lipinski definition) is 3. The van der Waals surface area contributed by atoms with Crippen LogP contribution in [0.4, 0.5) is 0 Å². The molecule has 3 rings (SSSR count). The third-order valence-corrected chi connectivity index (χ3v) is 5.20. The van der Waals surface area contributed by atoms with Crippen LogP contribution >= 0.6 is 0 Å². The van der Waals surface area contributed by atoms with Crippen molar-refractivity contribution in [2.24, 2.45) is 17.8 Å². The summed E-state index contributed by atoms with van der Waals surface area (Å²) in [5, 5.41) is 0. The Balaban J connectivity index is 1.56. The van der Waals surface area contributed by atoms with Crippen molar-refractivity contribution >= 4 is 0 Å². The fourth-order valence-electron chi connectivity index (χ4n) is 4.33. The first-order chi connectivity index (χ1) is 9.63. The van der Waals surface area contributed by atoms with Crippen LogP contribution in [0.3, 0.4) is 0 Å². The first kappa shape index (κ1) is 14.6. The molecule has 2 fully saturated rings. The molecule has 0 unspecified atom stereocenters. The summed E-state index contributed by atoms with van der Waals surface area (Å²) >= 11 is 0. The Hall–Kier alpha value is -0.380. The van der Waals surface area contributed by atoms with Crippen molar-refractivity contribution in [2.75, 3.05) is 26.2 Å². The van der Waals surface area contributed by atoms with Gasteiger partial charge in [-0.1, -0.05) is 25.5 Å². The normalized spacial score (nSPS) is 43.0. The molecule has 0 aromatic rings. The Morgan fingerprint density at radius 3 is 2.70 bits per heavy atom. The van der Waals surface area contributed by atoms with Crippen molar-refractivity contribution < 1.29 is 9.47 Å². The van der Waals surface area contributed by atoms with Crippen molar-refractivity contribution in [3.63, 3.8) is 0 Å². The van der Waals surface area contributed by atoms with E-state index >= 15 is 0 Å². The molecule has 114 valence electrons. The van der Waals surface area contributed by atoms with Gasteiger partial charge in [0, 0.05) is 12.5 Å². The van der Waals surface area contributed by atoms with Gasteiger partial charge < -0.3 is 14.4 Å². The molecular formula is C17H29NO2. The fourth-order valence-corrected chi connectivity index (χ4v) is 4.33. The van der Waals surface area contributed by atoms with Crippen molar-refractivity contribution in [3.05, 3.63) is 11.6 Å². The molecule has 3 nitrogen and oxygen atoms in total. The molecule has 20 heavy (non-hydrogen) atoms. The zero-order chi connectivity index (χ0) is 14.1. The summed E-state index contributed by atoms with van der Waals surface area (Å²) in [6.07, 6.45) is 6.58. The average molecular weight is 279 g/mol. The summed E-state index contributed by atoms with van der Waals surface area (Å²) in [5.74, 6) is 1.74. The summed E-state index contributed by atoms with van der Waals surface area (Å²) < 4.78 is 12.3. The number of likely N-dealkylation sites (tertiary alicyclic amines) is 1. The van der Waals surface area contributed by atoms with Crippen LogP contribution in [0, 0.1) is 17.8 Å². The minimum Gasteiger partial charge on any atom is -0.350 e. The van der Waals surface area contributed by atoms with Gasteiger partial charge in [0.05, 0.1) is 12.7 Å². The minimum atomic E-state index is 0.0111. The molecule has 3 heteroatoms. The lowest BCUT2D eigenvalue weighted by Gasteiger charge is -2.36. The molecule has 0 amide bonds. The van der Waals surface area contributed by atoms with E-state index in [0.29, 0.717) is 17.8 Å². The van der Waals surface area contributed by atoms with Gasteiger partial charge in [0.1, 0.15) is 0 Å². The predicted molar refractivity (Wildman–Crippen MR) is 80.5 cm³/mol. The zero-order valence-electron chi connectivity index (χ0n) is 13.2. The second-order valence-corrected chi connectivity index (χ2v) is 7.10. The maximum Gasteiger partial charge on any atom is 0.161 e. The Bertz CT molecular complexity index is 362. The third-order valence-electron chi connectivity index (χ3n) is 5.20. The Morgan fingerprint density at radius 2 is 2.00 bits per heavy atom. The molecule has 5 atom stereocenters. The van der Waals surface area contributed by atoms with E-state index in [1.54, 1.807) is 0 Å². The van der Waals surface area contributed by atoms with Crippen LogP contribution in [0.15, 0.2) is 11.6 Å². The molecule has 0 bridgehead atoms. The van der Waals surface area contributed by atoms with Crippen molar-refractivity contribution in [1.29, 1.82) is 0 Å². The molecule has 0 aromatic heterocycles. The highest BCUT2D eigenvalue weighted by Gasteiger charge is 2.40. The van der Waals surface area contributed by atoms with Crippen LogP contribution in [0.5, 0.6) is 0 Å². The third kappa shape index (κ3) is 3.10. The van der Waals surface area contributed by atoms with Crippen LogP contribution < -0.4 is 0 Å². The predicted octanol–water partition coefficient (Wildman–Crippen LogP) is 3.06. The van der Waals surface area contributed by atoms with E-state index in [9.17, 15) is 0 Å². The monoisotopic (exact) mass is 279 g/mol. The van der Waals surface area contributed by atoms with E-state index in [1.165, 1.54) is 37.9 Å². The van der Waals surface area contributed by atoms with Crippen LogP contribution in [-0.4, -0.2) is 43.5 Å². The standard InChI is InChI=1S/C17H29NO2/c1-12-8-13(2)16(14(3)9-12)17-19-11-15(20-17)10-18-6-4-5-7-18/h8,13-17H,4-7,9-11H2,1-3H3/t13-,14-,15+,16-,17-/m1/s1. The van der Waals surface area contributed by atoms with Gasteiger partial charge in [0.2, 0.25) is 0 Å². The first-order valence-electron chi connectivity index (χ1n) is 8.30. The molecule has 1 aliphatic carbocycles. The van der Waals surface area contributed by atoms with E-state index in [1.807, 2.05) is 0 Å². The lowest BCUT2D eigenvalue weighted by Crippen LogP contribution is -2.36. The Kier molecular flexibility index (Phi) is 4.49. The van der Waals surface area contributed by atoms with Crippen molar-refractivity contribution in [3.8, 4) is 0 Å². The second-order valence-electron chi connectivity index (χ2n) is 7.10. The van der Waals surface area contributed by atoms with Crippen LogP contribution in [0.25, 0.3) is 0 Å². The molecule has 0 spiro atoms. The summed E-state index contributed by atoms with van der Waals surface area (Å²) in [7, 11) is 0. The van der Waals surface area contributed by atoms with Crippen LogP contribution in [0.1, 0.15) is 40.0 Å². The van der Waals surface area contributed by atoms with Crippen molar-refractivity contribution in [2.45, 2.75) is 52.4 Å². The molecule has 0 saturated carbocycles. The van der Waals surface area contributed by atoms with E-state index in [2.05, 4.69) is 31.7 Å². The molecule has 0 aromatic carbocycles. The van der Waals surface area contributed by atoms with E-state index in [-0.39, 0.29) is 12.4 Å². The van der Waals surface area contributed by atoms with Gasteiger partial charge in [-0.2, -0.15) is 0 Å². The maximum atomic E-state index is 6.25. The highest BCUT2D eigenvalue weighted by atomic mass is 16.7. The largest absolute Gasteiger partial charge is 0.350 e.